The van der Waals surface area contributed by atoms with Crippen molar-refractivity contribution in [1.82, 2.24) is 35.2 Å². The molecule has 0 fully saturated rings. The van der Waals surface area contributed by atoms with Crippen molar-refractivity contribution in [3.63, 3.8) is 0 Å². The Hall–Kier alpha value is -5.15. The van der Waals surface area contributed by atoms with Crippen molar-refractivity contribution in [2.45, 2.75) is 11.1 Å². The van der Waals surface area contributed by atoms with E-state index < -0.39 is 27.7 Å². The number of aromatic nitrogens is 5. The van der Waals surface area contributed by atoms with Gasteiger partial charge in [-0.25, -0.2) is 13.1 Å². The van der Waals surface area contributed by atoms with Crippen LogP contribution in [0.5, 0.6) is 0 Å². The summed E-state index contributed by atoms with van der Waals surface area (Å²) in [6.45, 7) is 0. The first-order valence-corrected chi connectivity index (χ1v) is 13.3. The van der Waals surface area contributed by atoms with Gasteiger partial charge in [-0.05, 0) is 42.5 Å². The van der Waals surface area contributed by atoms with Crippen LogP contribution >= 0.6 is 0 Å². The molecule has 5 aromatic rings. The third kappa shape index (κ3) is 6.37. The molecule has 11 nitrogen and oxygen atoms in total. The number of sulfonamides is 1. The summed E-state index contributed by atoms with van der Waals surface area (Å²) in [6.07, 6.45) is -4.55. The quantitative estimate of drug-likeness (QED) is 0.233. The Morgan fingerprint density at radius 3 is 2.20 bits per heavy atom. The lowest BCUT2D eigenvalue weighted by molar-refractivity contribution is -0.137. The van der Waals surface area contributed by atoms with E-state index in [9.17, 15) is 26.4 Å². The van der Waals surface area contributed by atoms with Crippen LogP contribution in [0, 0.1) is 0 Å². The molecule has 0 bridgehead atoms. The van der Waals surface area contributed by atoms with Gasteiger partial charge in [0.2, 0.25) is 5.95 Å². The molecule has 5 rings (SSSR count). The highest BCUT2D eigenvalue weighted by atomic mass is 32.2. The number of amides is 1. The Bertz CT molecular complexity index is 1780. The average Bonchev–Trinajstić information content (AvgIpc) is 3.41. The second kappa shape index (κ2) is 11.1. The minimum absolute atomic E-state index is 0.00314. The highest BCUT2D eigenvalue weighted by Gasteiger charge is 2.31. The van der Waals surface area contributed by atoms with Gasteiger partial charge in [-0.1, -0.05) is 54.6 Å². The first kappa shape index (κ1) is 27.4. The number of nitrogens with zero attached hydrogens (tertiary/aromatic N) is 5. The number of carbonyl (C=O) groups excluding carboxylic acids is 1. The molecule has 0 saturated heterocycles. The highest BCUT2D eigenvalue weighted by Crippen LogP contribution is 2.31. The fraction of sp³-hybridized carbons (Fsp3) is 0.0385. The van der Waals surface area contributed by atoms with Crippen LogP contribution < -0.4 is 15.6 Å². The molecular weight excluding hydrogens is 561 g/mol. The fourth-order valence-electron chi connectivity index (χ4n) is 3.60. The molecule has 208 valence electrons. The molecule has 0 saturated carbocycles. The Morgan fingerprint density at radius 1 is 0.829 bits per heavy atom. The van der Waals surface area contributed by atoms with Crippen LogP contribution in [0.4, 0.5) is 24.9 Å². The molecule has 15 heteroatoms. The zero-order valence-corrected chi connectivity index (χ0v) is 21.6. The van der Waals surface area contributed by atoms with Gasteiger partial charge >= 0.3 is 6.18 Å². The summed E-state index contributed by atoms with van der Waals surface area (Å²) >= 11 is 0. The molecule has 1 amide bonds. The van der Waals surface area contributed by atoms with Gasteiger partial charge in [0.15, 0.2) is 17.3 Å². The van der Waals surface area contributed by atoms with E-state index in [0.29, 0.717) is 5.56 Å². The van der Waals surface area contributed by atoms with Crippen molar-refractivity contribution in [3.05, 3.63) is 108 Å². The number of rotatable bonds is 8. The van der Waals surface area contributed by atoms with E-state index in [2.05, 4.69) is 31.0 Å². The second-order valence-electron chi connectivity index (χ2n) is 8.39. The van der Waals surface area contributed by atoms with E-state index in [1.165, 1.54) is 53.2 Å². The molecule has 3 aromatic carbocycles. The van der Waals surface area contributed by atoms with Crippen LogP contribution in [0.25, 0.3) is 17.1 Å². The molecule has 0 radical (unpaired) electrons. The van der Waals surface area contributed by atoms with Gasteiger partial charge in [0.1, 0.15) is 0 Å². The minimum Gasteiger partial charge on any atom is -0.306 e. The molecule has 0 spiro atoms. The summed E-state index contributed by atoms with van der Waals surface area (Å²) in [4.78, 5) is 18.7. The third-order valence-electron chi connectivity index (χ3n) is 5.55. The third-order valence-corrected chi connectivity index (χ3v) is 6.81. The summed E-state index contributed by atoms with van der Waals surface area (Å²) in [7, 11) is -3.99. The number of nitrogens with one attached hydrogen (secondary N) is 3. The number of benzene rings is 3. The molecule has 41 heavy (non-hydrogen) atoms. The van der Waals surface area contributed by atoms with E-state index in [4.69, 9.17) is 0 Å². The standard InChI is InChI=1S/C26H19F3N8O3S/c27-26(28,29)18-10-7-11-19(16-18)37-23(17-8-3-1-4-9-17)31-25(35-37)30-22-15-14-21(32-33-22)24(38)34-36-41(39,40)20-12-5-2-6-13-20/h1-16,36H,(H,34,38)(H,30,33,35). The molecule has 2 heterocycles. The van der Waals surface area contributed by atoms with Crippen molar-refractivity contribution in [1.29, 1.82) is 0 Å². The molecule has 0 aliphatic rings. The van der Waals surface area contributed by atoms with Gasteiger partial charge in [-0.2, -0.15) is 18.2 Å². The van der Waals surface area contributed by atoms with Crippen LogP contribution in [0.1, 0.15) is 16.1 Å². The predicted octanol–water partition coefficient (Wildman–Crippen LogP) is 4.11. The van der Waals surface area contributed by atoms with Crippen LogP contribution in [0.2, 0.25) is 0 Å². The van der Waals surface area contributed by atoms with Crippen LogP contribution in [0.3, 0.4) is 0 Å². The van der Waals surface area contributed by atoms with Crippen molar-refractivity contribution in [3.8, 4) is 17.1 Å². The minimum atomic E-state index is -4.55. The van der Waals surface area contributed by atoms with Crippen LogP contribution in [-0.4, -0.2) is 39.3 Å². The summed E-state index contributed by atoms with van der Waals surface area (Å²) in [5.74, 6) is -0.473. The molecule has 3 N–H and O–H groups in total. The number of hydrogen-bond acceptors (Lipinski definition) is 8. The summed E-state index contributed by atoms with van der Waals surface area (Å²) < 4.78 is 65.8. The van der Waals surface area contributed by atoms with Crippen molar-refractivity contribution >= 4 is 27.7 Å². The number of halogens is 3. The number of carbonyl (C=O) groups is 1. The molecule has 0 unspecified atom stereocenters. The number of anilines is 2. The van der Waals surface area contributed by atoms with E-state index in [0.717, 1.165) is 12.1 Å². The van der Waals surface area contributed by atoms with Crippen LogP contribution in [0.15, 0.2) is 102 Å². The first-order chi connectivity index (χ1) is 19.6. The van der Waals surface area contributed by atoms with Gasteiger partial charge in [0.05, 0.1) is 16.1 Å². The Kier molecular flexibility index (Phi) is 7.45. The smallest absolute Gasteiger partial charge is 0.306 e. The lowest BCUT2D eigenvalue weighted by Gasteiger charge is -2.10. The summed E-state index contributed by atoms with van der Waals surface area (Å²) in [5.41, 5.74) is 1.76. The highest BCUT2D eigenvalue weighted by molar-refractivity contribution is 7.89. The van der Waals surface area contributed by atoms with Gasteiger partial charge in [0, 0.05) is 5.56 Å². The molecule has 0 atom stereocenters. The topological polar surface area (TPSA) is 144 Å². The van der Waals surface area contributed by atoms with Crippen molar-refractivity contribution in [2.24, 2.45) is 0 Å². The van der Waals surface area contributed by atoms with Gasteiger partial charge < -0.3 is 5.32 Å². The fourth-order valence-corrected chi connectivity index (χ4v) is 4.46. The van der Waals surface area contributed by atoms with Gasteiger partial charge in [-0.3, -0.25) is 10.2 Å². The van der Waals surface area contributed by atoms with E-state index in [-0.39, 0.29) is 33.9 Å². The average molecular weight is 581 g/mol. The molecule has 2 aromatic heterocycles. The zero-order valence-electron chi connectivity index (χ0n) is 20.7. The monoisotopic (exact) mass is 580 g/mol. The maximum absolute atomic E-state index is 13.3. The van der Waals surface area contributed by atoms with Crippen molar-refractivity contribution in [2.75, 3.05) is 5.32 Å². The summed E-state index contributed by atoms with van der Waals surface area (Å²) in [6, 6.07) is 23.5. The van der Waals surface area contributed by atoms with Gasteiger partial charge in [0.25, 0.3) is 15.9 Å². The van der Waals surface area contributed by atoms with Crippen LogP contribution in [-0.2, 0) is 16.2 Å². The van der Waals surface area contributed by atoms with Crippen molar-refractivity contribution < 1.29 is 26.4 Å². The lowest BCUT2D eigenvalue weighted by atomic mass is 10.2. The number of alkyl halides is 3. The normalized spacial score (nSPS) is 11.7. The SMILES string of the molecule is O=C(NNS(=O)(=O)c1ccccc1)c1ccc(Nc2nc(-c3ccccc3)n(-c3cccc(C(F)(F)F)c3)n2)nn1. The molecule has 0 aliphatic heterocycles. The maximum Gasteiger partial charge on any atom is 0.416 e. The Labute approximate surface area is 231 Å². The lowest BCUT2D eigenvalue weighted by Crippen LogP contribution is -2.41. The molecule has 0 aliphatic carbocycles. The zero-order chi connectivity index (χ0) is 29.0. The van der Waals surface area contributed by atoms with E-state index in [1.54, 1.807) is 36.4 Å². The van der Waals surface area contributed by atoms with E-state index in [1.807, 2.05) is 4.83 Å². The maximum atomic E-state index is 13.3. The summed E-state index contributed by atoms with van der Waals surface area (Å²) in [5, 5.41) is 14.8. The largest absolute Gasteiger partial charge is 0.416 e. The molecular formula is C26H19F3N8O3S. The number of hydrazine groups is 1. The predicted molar refractivity (Wildman–Crippen MR) is 141 cm³/mol. The number of hydrogen-bond donors (Lipinski definition) is 3. The van der Waals surface area contributed by atoms with E-state index >= 15 is 0 Å². The Balaban J connectivity index is 1.35. The van der Waals surface area contributed by atoms with Gasteiger partial charge in [-0.15, -0.1) is 20.1 Å². The second-order valence-corrected chi connectivity index (χ2v) is 10.1. The first-order valence-electron chi connectivity index (χ1n) is 11.8. The Morgan fingerprint density at radius 2 is 1.54 bits per heavy atom.